The zero-order valence-corrected chi connectivity index (χ0v) is 11.0. The fourth-order valence-electron chi connectivity index (χ4n) is 2.99. The van der Waals surface area contributed by atoms with Gasteiger partial charge in [-0.15, -0.1) is 0 Å². The Morgan fingerprint density at radius 3 is 1.72 bits per heavy atom. The summed E-state index contributed by atoms with van der Waals surface area (Å²) in [6, 6.07) is 2.35. The molecule has 0 radical (unpaired) electrons. The van der Waals surface area contributed by atoms with Crippen LogP contribution < -0.4 is 0 Å². The maximum absolute atomic E-state index is 4.45. The van der Waals surface area contributed by atoms with Gasteiger partial charge >= 0.3 is 0 Å². The molecule has 0 saturated carbocycles. The molecule has 0 fully saturated rings. The van der Waals surface area contributed by atoms with E-state index >= 15 is 0 Å². The first-order valence-electron chi connectivity index (χ1n) is 7.27. The summed E-state index contributed by atoms with van der Waals surface area (Å²) in [6.07, 6.45) is 19.2. The number of rotatable bonds is 2. The molecule has 1 heteroatoms. The zero-order chi connectivity index (χ0) is 12.2. The molecule has 1 heterocycles. The third kappa shape index (κ3) is 2.55. The van der Waals surface area contributed by atoms with E-state index in [1.807, 2.05) is 12.4 Å². The molecule has 0 amide bonds. The van der Waals surface area contributed by atoms with Crippen LogP contribution in [0.3, 0.4) is 0 Å². The number of allylic oxidation sites excluding steroid dienone is 4. The van der Waals surface area contributed by atoms with Gasteiger partial charge in [-0.2, -0.15) is 0 Å². The van der Waals surface area contributed by atoms with E-state index < -0.39 is 0 Å². The fraction of sp³-hybridized carbons (Fsp3) is 0.471. The molecule has 94 valence electrons. The SMILES string of the molecule is C1=C(c2cncc(C3=CCCCC3)c2)CCCC1. The Morgan fingerprint density at radius 2 is 1.28 bits per heavy atom. The minimum Gasteiger partial charge on any atom is -0.263 e. The quantitative estimate of drug-likeness (QED) is 0.708. The van der Waals surface area contributed by atoms with E-state index in [0.29, 0.717) is 0 Å². The van der Waals surface area contributed by atoms with Crippen molar-refractivity contribution in [1.29, 1.82) is 0 Å². The van der Waals surface area contributed by atoms with E-state index in [-0.39, 0.29) is 0 Å². The highest BCUT2D eigenvalue weighted by Gasteiger charge is 2.10. The highest BCUT2D eigenvalue weighted by molar-refractivity contribution is 5.72. The van der Waals surface area contributed by atoms with E-state index in [1.165, 1.54) is 73.6 Å². The second kappa shape index (κ2) is 5.51. The topological polar surface area (TPSA) is 12.9 Å². The Labute approximate surface area is 110 Å². The molecule has 1 aromatic heterocycles. The Kier molecular flexibility index (Phi) is 3.59. The predicted molar refractivity (Wildman–Crippen MR) is 77.1 cm³/mol. The fourth-order valence-corrected chi connectivity index (χ4v) is 2.99. The van der Waals surface area contributed by atoms with Gasteiger partial charge in [-0.1, -0.05) is 12.2 Å². The van der Waals surface area contributed by atoms with E-state index in [9.17, 15) is 0 Å². The summed E-state index contributed by atoms with van der Waals surface area (Å²) in [6.45, 7) is 0. The lowest BCUT2D eigenvalue weighted by Gasteiger charge is -2.16. The highest BCUT2D eigenvalue weighted by Crippen LogP contribution is 2.30. The van der Waals surface area contributed by atoms with Crippen LogP contribution >= 0.6 is 0 Å². The summed E-state index contributed by atoms with van der Waals surface area (Å²) in [5, 5.41) is 0. The minimum atomic E-state index is 1.23. The second-order valence-corrected chi connectivity index (χ2v) is 5.41. The van der Waals surface area contributed by atoms with Crippen LogP contribution in [0, 0.1) is 0 Å². The van der Waals surface area contributed by atoms with Crippen molar-refractivity contribution in [2.24, 2.45) is 0 Å². The summed E-state index contributed by atoms with van der Waals surface area (Å²) < 4.78 is 0. The van der Waals surface area contributed by atoms with Gasteiger partial charge in [-0.25, -0.2) is 0 Å². The Hall–Kier alpha value is -1.37. The lowest BCUT2D eigenvalue weighted by molar-refractivity contribution is 0.739. The third-order valence-electron chi connectivity index (χ3n) is 4.06. The van der Waals surface area contributed by atoms with Gasteiger partial charge < -0.3 is 0 Å². The first kappa shape index (κ1) is 11.7. The Balaban J connectivity index is 1.88. The summed E-state index contributed by atoms with van der Waals surface area (Å²) in [4.78, 5) is 4.45. The lowest BCUT2D eigenvalue weighted by atomic mass is 9.91. The molecule has 18 heavy (non-hydrogen) atoms. The molecule has 3 rings (SSSR count). The molecule has 0 bridgehead atoms. The van der Waals surface area contributed by atoms with E-state index in [1.54, 1.807) is 0 Å². The number of hydrogen-bond donors (Lipinski definition) is 0. The molecule has 1 nitrogen and oxygen atoms in total. The van der Waals surface area contributed by atoms with Crippen LogP contribution in [-0.4, -0.2) is 4.98 Å². The van der Waals surface area contributed by atoms with Crippen LogP contribution in [0.4, 0.5) is 0 Å². The first-order chi connectivity index (χ1) is 8.93. The summed E-state index contributed by atoms with van der Waals surface area (Å²) in [5.41, 5.74) is 5.70. The van der Waals surface area contributed by atoms with Crippen molar-refractivity contribution < 1.29 is 0 Å². The van der Waals surface area contributed by atoms with Crippen molar-refractivity contribution in [3.63, 3.8) is 0 Å². The molecule has 0 aromatic carbocycles. The molecule has 0 unspecified atom stereocenters. The predicted octanol–water partition coefficient (Wildman–Crippen LogP) is 5.00. The van der Waals surface area contributed by atoms with Gasteiger partial charge in [0, 0.05) is 12.4 Å². The van der Waals surface area contributed by atoms with Crippen molar-refractivity contribution >= 4 is 11.1 Å². The monoisotopic (exact) mass is 239 g/mol. The van der Waals surface area contributed by atoms with E-state index in [4.69, 9.17) is 0 Å². The van der Waals surface area contributed by atoms with Crippen molar-refractivity contribution in [1.82, 2.24) is 4.98 Å². The maximum Gasteiger partial charge on any atom is 0.0343 e. The van der Waals surface area contributed by atoms with Crippen molar-refractivity contribution in [2.75, 3.05) is 0 Å². The number of nitrogens with zero attached hydrogens (tertiary/aromatic N) is 1. The van der Waals surface area contributed by atoms with Crippen LogP contribution in [0.15, 0.2) is 30.6 Å². The van der Waals surface area contributed by atoms with Crippen molar-refractivity contribution in [3.05, 3.63) is 41.7 Å². The minimum absolute atomic E-state index is 1.23. The highest BCUT2D eigenvalue weighted by atomic mass is 14.6. The second-order valence-electron chi connectivity index (χ2n) is 5.41. The van der Waals surface area contributed by atoms with Gasteiger partial charge in [-0.3, -0.25) is 4.98 Å². The molecule has 0 atom stereocenters. The molecular formula is C17H21N. The smallest absolute Gasteiger partial charge is 0.0343 e. The molecule has 0 aliphatic heterocycles. The largest absolute Gasteiger partial charge is 0.263 e. The van der Waals surface area contributed by atoms with Gasteiger partial charge in [0.05, 0.1) is 0 Å². The molecular weight excluding hydrogens is 218 g/mol. The molecule has 1 aromatic rings. The van der Waals surface area contributed by atoms with Crippen LogP contribution in [0.2, 0.25) is 0 Å². The van der Waals surface area contributed by atoms with Gasteiger partial charge in [0.1, 0.15) is 0 Å². The van der Waals surface area contributed by atoms with Crippen molar-refractivity contribution in [3.8, 4) is 0 Å². The number of aromatic nitrogens is 1. The average molecular weight is 239 g/mol. The van der Waals surface area contributed by atoms with Gasteiger partial charge in [0.15, 0.2) is 0 Å². The number of pyridine rings is 1. The molecule has 0 N–H and O–H groups in total. The van der Waals surface area contributed by atoms with Gasteiger partial charge in [-0.05, 0) is 79.7 Å². The van der Waals surface area contributed by atoms with Crippen molar-refractivity contribution in [2.45, 2.75) is 51.4 Å². The normalized spacial score (nSPS) is 20.2. The summed E-state index contributed by atoms with van der Waals surface area (Å²) in [7, 11) is 0. The molecule has 0 spiro atoms. The first-order valence-corrected chi connectivity index (χ1v) is 7.27. The van der Waals surface area contributed by atoms with Crippen LogP contribution in [0.25, 0.3) is 11.1 Å². The number of hydrogen-bond acceptors (Lipinski definition) is 1. The molecule has 2 aliphatic carbocycles. The lowest BCUT2D eigenvalue weighted by Crippen LogP contribution is -1.96. The zero-order valence-electron chi connectivity index (χ0n) is 11.0. The van der Waals surface area contributed by atoms with E-state index in [0.717, 1.165) is 0 Å². The van der Waals surface area contributed by atoms with Gasteiger partial charge in [0.2, 0.25) is 0 Å². The molecule has 2 aliphatic rings. The molecule has 0 saturated heterocycles. The summed E-state index contributed by atoms with van der Waals surface area (Å²) in [5.74, 6) is 0. The van der Waals surface area contributed by atoms with Crippen LogP contribution in [0.5, 0.6) is 0 Å². The maximum atomic E-state index is 4.45. The summed E-state index contributed by atoms with van der Waals surface area (Å²) >= 11 is 0. The Bertz CT molecular complexity index is 441. The van der Waals surface area contributed by atoms with E-state index in [2.05, 4.69) is 23.2 Å². The average Bonchev–Trinajstić information content (AvgIpc) is 2.49. The van der Waals surface area contributed by atoms with Crippen LogP contribution in [-0.2, 0) is 0 Å². The standard InChI is InChI=1S/C17H21N/c1-3-7-14(8-4-1)16-11-17(13-18-12-16)15-9-5-2-6-10-15/h7,9,11-13H,1-6,8,10H2. The van der Waals surface area contributed by atoms with Gasteiger partial charge in [0.25, 0.3) is 0 Å². The third-order valence-corrected chi connectivity index (χ3v) is 4.06. The van der Waals surface area contributed by atoms with Crippen LogP contribution in [0.1, 0.15) is 62.5 Å². The Morgan fingerprint density at radius 1 is 0.722 bits per heavy atom.